The van der Waals surface area contributed by atoms with Crippen molar-refractivity contribution in [3.05, 3.63) is 132 Å². The van der Waals surface area contributed by atoms with E-state index in [4.69, 9.17) is 4.74 Å². The Morgan fingerprint density at radius 1 is 0.765 bits per heavy atom. The van der Waals surface area contributed by atoms with Crippen molar-refractivity contribution in [3.63, 3.8) is 0 Å². The predicted molar refractivity (Wildman–Crippen MR) is 138 cm³/mol. The Hall–Kier alpha value is -3.27. The summed E-state index contributed by atoms with van der Waals surface area (Å²) in [6, 6.07) is 36.5. The molecular weight excluding hydrogens is 421 g/mol. The van der Waals surface area contributed by atoms with Gasteiger partial charge in [0.2, 0.25) is 0 Å². The second kappa shape index (κ2) is 12.3. The van der Waals surface area contributed by atoms with Crippen LogP contribution in [0.1, 0.15) is 29.0 Å². The Morgan fingerprint density at radius 2 is 1.41 bits per heavy atom. The van der Waals surface area contributed by atoms with Crippen LogP contribution >= 0.6 is 0 Å². The molecule has 0 amide bonds. The molecule has 0 aliphatic rings. The van der Waals surface area contributed by atoms with Gasteiger partial charge in [0.15, 0.2) is 0 Å². The van der Waals surface area contributed by atoms with Crippen molar-refractivity contribution < 1.29 is 9.13 Å². The van der Waals surface area contributed by atoms with Crippen molar-refractivity contribution in [2.45, 2.75) is 18.9 Å². The SMILES string of the molecule is COCCN(CCC(c1ccccc1)c1cc(F)ccc1-c1ccccc1)Cc1ccccc1. The lowest BCUT2D eigenvalue weighted by Gasteiger charge is -2.27. The second-order valence-corrected chi connectivity index (χ2v) is 8.60. The molecule has 2 nitrogen and oxygen atoms in total. The largest absolute Gasteiger partial charge is 0.383 e. The van der Waals surface area contributed by atoms with Crippen LogP contribution < -0.4 is 0 Å². The van der Waals surface area contributed by atoms with E-state index in [0.717, 1.165) is 42.7 Å². The van der Waals surface area contributed by atoms with E-state index in [1.54, 1.807) is 19.2 Å². The quantitative estimate of drug-likeness (QED) is 0.239. The molecule has 4 rings (SSSR count). The number of ether oxygens (including phenoxy) is 1. The van der Waals surface area contributed by atoms with E-state index in [2.05, 4.69) is 65.6 Å². The molecule has 0 bridgehead atoms. The number of nitrogens with zero attached hydrogens (tertiary/aromatic N) is 1. The van der Waals surface area contributed by atoms with Crippen LogP contribution in [0.5, 0.6) is 0 Å². The number of halogens is 1. The number of hydrogen-bond donors (Lipinski definition) is 0. The third-order valence-corrected chi connectivity index (χ3v) is 6.27. The molecule has 1 atom stereocenters. The molecule has 0 aliphatic carbocycles. The molecule has 0 radical (unpaired) electrons. The lowest BCUT2D eigenvalue weighted by atomic mass is 9.83. The van der Waals surface area contributed by atoms with Gasteiger partial charge in [0.25, 0.3) is 0 Å². The van der Waals surface area contributed by atoms with Crippen molar-refractivity contribution in [1.82, 2.24) is 4.90 Å². The lowest BCUT2D eigenvalue weighted by molar-refractivity contribution is 0.142. The van der Waals surface area contributed by atoms with Crippen molar-refractivity contribution in [1.29, 1.82) is 0 Å². The average Bonchev–Trinajstić information content (AvgIpc) is 2.89. The highest BCUT2D eigenvalue weighted by Gasteiger charge is 2.20. The van der Waals surface area contributed by atoms with Gasteiger partial charge in [0.1, 0.15) is 5.82 Å². The molecule has 1 unspecified atom stereocenters. The Bertz CT molecular complexity index is 1130. The van der Waals surface area contributed by atoms with Gasteiger partial charge >= 0.3 is 0 Å². The summed E-state index contributed by atoms with van der Waals surface area (Å²) >= 11 is 0. The molecule has 0 fully saturated rings. The summed E-state index contributed by atoms with van der Waals surface area (Å²) in [5, 5.41) is 0. The van der Waals surface area contributed by atoms with Crippen LogP contribution in [0.3, 0.4) is 0 Å². The fraction of sp³-hybridized carbons (Fsp3) is 0.226. The summed E-state index contributed by atoms with van der Waals surface area (Å²) in [7, 11) is 1.74. The van der Waals surface area contributed by atoms with E-state index >= 15 is 0 Å². The molecule has 0 N–H and O–H groups in total. The van der Waals surface area contributed by atoms with Gasteiger partial charge in [-0.2, -0.15) is 0 Å². The summed E-state index contributed by atoms with van der Waals surface area (Å²) in [6.07, 6.45) is 0.879. The highest BCUT2D eigenvalue weighted by atomic mass is 19.1. The normalized spacial score (nSPS) is 12.1. The average molecular weight is 454 g/mol. The molecule has 0 saturated heterocycles. The van der Waals surface area contributed by atoms with Gasteiger partial charge < -0.3 is 4.74 Å². The number of rotatable bonds is 11. The Labute approximate surface area is 202 Å². The molecule has 0 saturated carbocycles. The monoisotopic (exact) mass is 453 g/mol. The third-order valence-electron chi connectivity index (χ3n) is 6.27. The fourth-order valence-electron chi connectivity index (χ4n) is 4.53. The smallest absolute Gasteiger partial charge is 0.123 e. The maximum absolute atomic E-state index is 14.6. The van der Waals surface area contributed by atoms with Crippen molar-refractivity contribution in [3.8, 4) is 11.1 Å². The van der Waals surface area contributed by atoms with E-state index in [-0.39, 0.29) is 11.7 Å². The first kappa shape index (κ1) is 23.9. The maximum Gasteiger partial charge on any atom is 0.123 e. The Morgan fingerprint density at radius 3 is 2.09 bits per heavy atom. The van der Waals surface area contributed by atoms with Crippen molar-refractivity contribution in [2.24, 2.45) is 0 Å². The van der Waals surface area contributed by atoms with E-state index in [9.17, 15) is 4.39 Å². The van der Waals surface area contributed by atoms with Gasteiger partial charge in [0.05, 0.1) is 6.61 Å². The van der Waals surface area contributed by atoms with Crippen LogP contribution in [0.2, 0.25) is 0 Å². The molecule has 174 valence electrons. The van der Waals surface area contributed by atoms with E-state index in [0.29, 0.717) is 6.61 Å². The molecule has 0 heterocycles. The summed E-state index contributed by atoms with van der Waals surface area (Å²) in [5.41, 5.74) is 5.72. The minimum atomic E-state index is -0.198. The first-order valence-corrected chi connectivity index (χ1v) is 11.9. The van der Waals surface area contributed by atoms with Crippen LogP contribution in [0.4, 0.5) is 4.39 Å². The van der Waals surface area contributed by atoms with E-state index in [1.807, 2.05) is 36.4 Å². The maximum atomic E-state index is 14.6. The zero-order valence-corrected chi connectivity index (χ0v) is 19.7. The number of methoxy groups -OCH3 is 1. The van der Waals surface area contributed by atoms with Gasteiger partial charge in [-0.1, -0.05) is 97.1 Å². The molecule has 0 aromatic heterocycles. The molecule has 4 aromatic rings. The summed E-state index contributed by atoms with van der Waals surface area (Å²) in [6.45, 7) is 3.27. The first-order valence-electron chi connectivity index (χ1n) is 11.9. The van der Waals surface area contributed by atoms with Gasteiger partial charge in [-0.05, 0) is 52.9 Å². The fourth-order valence-corrected chi connectivity index (χ4v) is 4.53. The van der Waals surface area contributed by atoms with E-state index < -0.39 is 0 Å². The Kier molecular flexibility index (Phi) is 8.61. The van der Waals surface area contributed by atoms with E-state index in [1.165, 1.54) is 11.1 Å². The molecule has 0 aliphatic heterocycles. The van der Waals surface area contributed by atoms with Crippen LogP contribution in [-0.4, -0.2) is 31.7 Å². The van der Waals surface area contributed by atoms with Crippen LogP contribution in [0, 0.1) is 5.82 Å². The van der Waals surface area contributed by atoms with Crippen LogP contribution in [-0.2, 0) is 11.3 Å². The zero-order valence-electron chi connectivity index (χ0n) is 19.7. The zero-order chi connectivity index (χ0) is 23.6. The molecule has 0 spiro atoms. The second-order valence-electron chi connectivity index (χ2n) is 8.60. The summed E-state index contributed by atoms with van der Waals surface area (Å²) in [5.74, 6) is -0.121. The minimum Gasteiger partial charge on any atom is -0.383 e. The summed E-state index contributed by atoms with van der Waals surface area (Å²) in [4.78, 5) is 2.43. The third kappa shape index (κ3) is 6.40. The highest BCUT2D eigenvalue weighted by Crippen LogP contribution is 2.36. The van der Waals surface area contributed by atoms with Crippen LogP contribution in [0.15, 0.2) is 109 Å². The highest BCUT2D eigenvalue weighted by molar-refractivity contribution is 5.69. The van der Waals surface area contributed by atoms with Gasteiger partial charge in [-0.25, -0.2) is 4.39 Å². The van der Waals surface area contributed by atoms with Crippen molar-refractivity contribution in [2.75, 3.05) is 26.8 Å². The first-order chi connectivity index (χ1) is 16.7. The lowest BCUT2D eigenvalue weighted by Crippen LogP contribution is -2.29. The topological polar surface area (TPSA) is 12.5 Å². The van der Waals surface area contributed by atoms with Gasteiger partial charge in [-0.3, -0.25) is 4.90 Å². The summed E-state index contributed by atoms with van der Waals surface area (Å²) < 4.78 is 20.0. The van der Waals surface area contributed by atoms with Gasteiger partial charge in [-0.15, -0.1) is 0 Å². The molecule has 4 aromatic carbocycles. The molecule has 3 heteroatoms. The number of benzene rings is 4. The molecule has 34 heavy (non-hydrogen) atoms. The van der Waals surface area contributed by atoms with Crippen molar-refractivity contribution >= 4 is 0 Å². The molecular formula is C31H32FNO. The van der Waals surface area contributed by atoms with Gasteiger partial charge in [0, 0.05) is 26.1 Å². The minimum absolute atomic E-state index is 0.0768. The Balaban J connectivity index is 1.66. The number of hydrogen-bond acceptors (Lipinski definition) is 2. The van der Waals surface area contributed by atoms with Crippen LogP contribution in [0.25, 0.3) is 11.1 Å². The predicted octanol–water partition coefficient (Wildman–Crippen LogP) is 7.16. The standard InChI is InChI=1S/C31H32FNO/c1-34-22-21-33(24-25-11-5-2-6-12-25)20-19-30(27-15-9-4-10-16-27)31-23-28(32)17-18-29(31)26-13-7-3-8-14-26/h2-18,23,30H,19-22,24H2,1H3.